The summed E-state index contributed by atoms with van der Waals surface area (Å²) in [4.78, 5) is 0.166. The lowest BCUT2D eigenvalue weighted by molar-refractivity contribution is 0.0585. The van der Waals surface area contributed by atoms with Crippen molar-refractivity contribution in [1.82, 2.24) is 14.5 Å². The highest BCUT2D eigenvalue weighted by molar-refractivity contribution is 7.89. The summed E-state index contributed by atoms with van der Waals surface area (Å²) in [5.41, 5.74) is 0. The summed E-state index contributed by atoms with van der Waals surface area (Å²) in [6.45, 7) is 3.83. The molecule has 1 unspecified atom stereocenters. The number of aliphatic hydroxyl groups is 1. The Hall–Kier alpha value is -0.960. The zero-order valence-corrected chi connectivity index (χ0v) is 13.1. The van der Waals surface area contributed by atoms with Crippen LogP contribution in [0.3, 0.4) is 0 Å². The van der Waals surface area contributed by atoms with Gasteiger partial charge in [-0.25, -0.2) is 13.1 Å². The van der Waals surface area contributed by atoms with Gasteiger partial charge in [0.15, 0.2) is 0 Å². The second-order valence-electron chi connectivity index (χ2n) is 5.38. The van der Waals surface area contributed by atoms with Crippen molar-refractivity contribution >= 4 is 10.0 Å². The molecule has 8 heteroatoms. The van der Waals surface area contributed by atoms with E-state index in [-0.39, 0.29) is 17.5 Å². The third-order valence-corrected chi connectivity index (χ3v) is 5.29. The van der Waals surface area contributed by atoms with Crippen LogP contribution in [0.4, 0.5) is 0 Å². The van der Waals surface area contributed by atoms with E-state index in [0.29, 0.717) is 32.1 Å². The van der Waals surface area contributed by atoms with Gasteiger partial charge >= 0.3 is 0 Å². The van der Waals surface area contributed by atoms with Gasteiger partial charge < -0.3 is 9.84 Å². The molecule has 1 aliphatic rings. The van der Waals surface area contributed by atoms with E-state index in [0.717, 1.165) is 12.8 Å². The Labute approximate surface area is 125 Å². The molecule has 21 heavy (non-hydrogen) atoms. The normalized spacial score (nSPS) is 18.8. The molecule has 0 aromatic carbocycles. The topological polar surface area (TPSA) is 93.5 Å². The van der Waals surface area contributed by atoms with Crippen molar-refractivity contribution in [3.8, 4) is 0 Å². The minimum atomic E-state index is -3.55. The molecule has 1 aromatic rings. The quantitative estimate of drug-likeness (QED) is 0.757. The maximum Gasteiger partial charge on any atom is 0.243 e. The Morgan fingerprint density at radius 1 is 1.52 bits per heavy atom. The van der Waals surface area contributed by atoms with Crippen LogP contribution in [0.1, 0.15) is 26.2 Å². The Morgan fingerprint density at radius 3 is 2.90 bits per heavy atom. The molecule has 2 heterocycles. The molecule has 0 spiro atoms. The van der Waals surface area contributed by atoms with Gasteiger partial charge in [-0.05, 0) is 32.1 Å². The number of ether oxygens (including phenoxy) is 1. The van der Waals surface area contributed by atoms with Crippen molar-refractivity contribution in [3.63, 3.8) is 0 Å². The number of aliphatic hydroxyl groups excluding tert-OH is 1. The van der Waals surface area contributed by atoms with Crippen molar-refractivity contribution in [2.75, 3.05) is 19.8 Å². The molecule has 2 rings (SSSR count). The van der Waals surface area contributed by atoms with E-state index in [1.54, 1.807) is 0 Å². The summed E-state index contributed by atoms with van der Waals surface area (Å²) in [7, 11) is -3.55. The lowest BCUT2D eigenvalue weighted by Gasteiger charge is -2.27. The number of aromatic nitrogens is 2. The predicted octanol–water partition coefficient (Wildman–Crippen LogP) is 0.359. The summed E-state index contributed by atoms with van der Waals surface area (Å²) < 4.78 is 34.2. The van der Waals surface area contributed by atoms with Crippen molar-refractivity contribution in [2.45, 2.75) is 43.7 Å². The second-order valence-corrected chi connectivity index (χ2v) is 7.09. The zero-order valence-electron chi connectivity index (χ0n) is 12.2. The third kappa shape index (κ3) is 4.50. The molecule has 0 bridgehead atoms. The molecule has 2 N–H and O–H groups in total. The summed E-state index contributed by atoms with van der Waals surface area (Å²) in [5, 5.41) is 12.8. The molecular formula is C13H23N3O4S. The number of nitrogens with one attached hydrogen (secondary N) is 1. The van der Waals surface area contributed by atoms with Crippen LogP contribution in [0.25, 0.3) is 0 Å². The smallest absolute Gasteiger partial charge is 0.243 e. The predicted molar refractivity (Wildman–Crippen MR) is 77.3 cm³/mol. The number of sulfonamides is 1. The number of hydrogen-bond acceptors (Lipinski definition) is 5. The van der Waals surface area contributed by atoms with Crippen molar-refractivity contribution < 1.29 is 18.3 Å². The fourth-order valence-electron chi connectivity index (χ4n) is 2.46. The standard InChI is InChI=1S/C13H23N3O4S/c1-11(12-3-7-20-8-4-12)15-21(18,19)13-9-14-16(10-13)5-2-6-17/h9-12,15,17H,2-8H2,1H3. The van der Waals surface area contributed by atoms with Crippen LogP contribution in [0.15, 0.2) is 17.3 Å². The monoisotopic (exact) mass is 317 g/mol. The molecule has 0 amide bonds. The van der Waals surface area contributed by atoms with Crippen LogP contribution in [0, 0.1) is 5.92 Å². The Morgan fingerprint density at radius 2 is 2.24 bits per heavy atom. The molecule has 1 aromatic heterocycles. The first-order chi connectivity index (χ1) is 10.0. The van der Waals surface area contributed by atoms with E-state index in [9.17, 15) is 8.42 Å². The summed E-state index contributed by atoms with van der Waals surface area (Å²) >= 11 is 0. The first-order valence-electron chi connectivity index (χ1n) is 7.26. The highest BCUT2D eigenvalue weighted by atomic mass is 32.2. The fraction of sp³-hybridized carbons (Fsp3) is 0.769. The molecule has 120 valence electrons. The van der Waals surface area contributed by atoms with Gasteiger partial charge in [-0.2, -0.15) is 5.10 Å². The Bertz CT molecular complexity index is 537. The first-order valence-corrected chi connectivity index (χ1v) is 8.74. The third-order valence-electron chi connectivity index (χ3n) is 3.78. The molecule has 1 aliphatic heterocycles. The van der Waals surface area contributed by atoms with E-state index in [4.69, 9.17) is 9.84 Å². The molecule has 0 saturated carbocycles. The van der Waals surface area contributed by atoms with Crippen LogP contribution in [-0.2, 0) is 21.3 Å². The molecule has 0 radical (unpaired) electrons. The van der Waals surface area contributed by atoms with Gasteiger partial charge in [0.25, 0.3) is 0 Å². The highest BCUT2D eigenvalue weighted by Crippen LogP contribution is 2.20. The average molecular weight is 317 g/mol. The summed E-state index contributed by atoms with van der Waals surface area (Å²) in [6, 6.07) is -0.125. The van der Waals surface area contributed by atoms with Crippen LogP contribution < -0.4 is 4.72 Å². The average Bonchev–Trinajstić information content (AvgIpc) is 2.95. The number of aryl methyl sites for hydroxylation is 1. The van der Waals surface area contributed by atoms with Gasteiger partial charge in [0, 0.05) is 38.6 Å². The van der Waals surface area contributed by atoms with Gasteiger partial charge in [0.05, 0.1) is 6.20 Å². The van der Waals surface area contributed by atoms with Gasteiger partial charge in [-0.15, -0.1) is 0 Å². The highest BCUT2D eigenvalue weighted by Gasteiger charge is 2.26. The van der Waals surface area contributed by atoms with Gasteiger partial charge in [0.1, 0.15) is 4.90 Å². The zero-order chi connectivity index (χ0) is 15.3. The maximum atomic E-state index is 12.3. The molecule has 1 saturated heterocycles. The van der Waals surface area contributed by atoms with Crippen molar-refractivity contribution in [2.24, 2.45) is 5.92 Å². The van der Waals surface area contributed by atoms with Crippen molar-refractivity contribution in [3.05, 3.63) is 12.4 Å². The molecule has 1 atom stereocenters. The number of nitrogens with zero attached hydrogens (tertiary/aromatic N) is 2. The first kappa shape index (κ1) is 16.4. The van der Waals surface area contributed by atoms with Crippen molar-refractivity contribution in [1.29, 1.82) is 0 Å². The minimum absolute atomic E-state index is 0.0565. The van der Waals surface area contributed by atoms with Gasteiger partial charge in [-0.3, -0.25) is 4.68 Å². The molecule has 1 fully saturated rings. The largest absolute Gasteiger partial charge is 0.396 e. The Kier molecular flexibility index (Phi) is 5.74. The lowest BCUT2D eigenvalue weighted by atomic mass is 9.94. The number of rotatable bonds is 7. The van der Waals surface area contributed by atoms with Gasteiger partial charge in [-0.1, -0.05) is 0 Å². The molecule has 7 nitrogen and oxygen atoms in total. The summed E-state index contributed by atoms with van der Waals surface area (Å²) in [6.07, 6.45) is 5.14. The van der Waals surface area contributed by atoms with Gasteiger partial charge in [0.2, 0.25) is 10.0 Å². The van der Waals surface area contributed by atoms with Crippen LogP contribution >= 0.6 is 0 Å². The van der Waals surface area contributed by atoms with E-state index >= 15 is 0 Å². The van der Waals surface area contributed by atoms with Crippen LogP contribution in [0.2, 0.25) is 0 Å². The SMILES string of the molecule is CC(NS(=O)(=O)c1cnn(CCCO)c1)C1CCOCC1. The molecule has 0 aliphatic carbocycles. The minimum Gasteiger partial charge on any atom is -0.396 e. The van der Waals surface area contributed by atoms with E-state index in [1.807, 2.05) is 6.92 Å². The maximum absolute atomic E-state index is 12.3. The fourth-order valence-corrected chi connectivity index (χ4v) is 3.73. The second kappa shape index (κ2) is 7.35. The molecular weight excluding hydrogens is 294 g/mol. The van der Waals surface area contributed by atoms with E-state index in [1.165, 1.54) is 17.1 Å². The van der Waals surface area contributed by atoms with Crippen LogP contribution in [0.5, 0.6) is 0 Å². The van der Waals surface area contributed by atoms with E-state index < -0.39 is 10.0 Å². The summed E-state index contributed by atoms with van der Waals surface area (Å²) in [5.74, 6) is 0.304. The Balaban J connectivity index is 1.98. The number of hydrogen-bond donors (Lipinski definition) is 2. The van der Waals surface area contributed by atoms with E-state index in [2.05, 4.69) is 9.82 Å². The van der Waals surface area contributed by atoms with Crippen LogP contribution in [-0.4, -0.2) is 49.2 Å². The lowest BCUT2D eigenvalue weighted by Crippen LogP contribution is -2.40.